The molecular formula is C12H12Cl2N2O. The van der Waals surface area contributed by atoms with Crippen LogP contribution in [0.2, 0.25) is 10.0 Å². The zero-order valence-electron chi connectivity index (χ0n) is 9.04. The number of carbonyl (C=O) groups is 1. The molecule has 2 aliphatic rings. The molecule has 3 nitrogen and oxygen atoms in total. The van der Waals surface area contributed by atoms with Crippen molar-refractivity contribution >= 4 is 29.1 Å². The van der Waals surface area contributed by atoms with Gasteiger partial charge in [0.15, 0.2) is 0 Å². The first kappa shape index (κ1) is 11.3. The van der Waals surface area contributed by atoms with Gasteiger partial charge in [-0.3, -0.25) is 4.79 Å². The molecule has 0 bridgehead atoms. The highest BCUT2D eigenvalue weighted by molar-refractivity contribution is 6.39. The third kappa shape index (κ3) is 1.92. The third-order valence-electron chi connectivity index (χ3n) is 3.58. The minimum absolute atomic E-state index is 0.167. The van der Waals surface area contributed by atoms with Crippen LogP contribution in [0.25, 0.3) is 0 Å². The summed E-state index contributed by atoms with van der Waals surface area (Å²) in [5, 5.41) is 7.09. The number of amides is 1. The van der Waals surface area contributed by atoms with Crippen LogP contribution in [0.15, 0.2) is 18.2 Å². The second-order valence-electron chi connectivity index (χ2n) is 4.58. The van der Waals surface area contributed by atoms with Crippen LogP contribution in [-0.4, -0.2) is 25.0 Å². The molecule has 2 N–H and O–H groups in total. The van der Waals surface area contributed by atoms with Crippen molar-refractivity contribution in [3.8, 4) is 0 Å². The van der Waals surface area contributed by atoms with Gasteiger partial charge in [0.25, 0.3) is 5.91 Å². The molecule has 2 fully saturated rings. The molecule has 17 heavy (non-hydrogen) atoms. The van der Waals surface area contributed by atoms with Crippen molar-refractivity contribution in [2.24, 2.45) is 11.8 Å². The number of hydrogen-bond acceptors (Lipinski definition) is 2. The van der Waals surface area contributed by atoms with Gasteiger partial charge in [0, 0.05) is 19.1 Å². The van der Waals surface area contributed by atoms with Gasteiger partial charge < -0.3 is 10.6 Å². The molecule has 1 aliphatic carbocycles. The molecule has 90 valence electrons. The van der Waals surface area contributed by atoms with Gasteiger partial charge in [-0.2, -0.15) is 0 Å². The van der Waals surface area contributed by atoms with Crippen LogP contribution < -0.4 is 10.6 Å². The SMILES string of the molecule is O=C(NC1C2CNCC21)c1c(Cl)cccc1Cl. The van der Waals surface area contributed by atoms with Crippen LogP contribution in [0, 0.1) is 11.8 Å². The molecule has 0 aromatic heterocycles. The Kier molecular flexibility index (Phi) is 2.77. The fourth-order valence-corrected chi connectivity index (χ4v) is 3.14. The van der Waals surface area contributed by atoms with E-state index in [9.17, 15) is 4.79 Å². The van der Waals surface area contributed by atoms with E-state index in [0.717, 1.165) is 13.1 Å². The number of hydrogen-bond donors (Lipinski definition) is 2. The number of nitrogens with one attached hydrogen (secondary N) is 2. The lowest BCUT2D eigenvalue weighted by Gasteiger charge is -2.10. The van der Waals surface area contributed by atoms with E-state index in [1.165, 1.54) is 0 Å². The lowest BCUT2D eigenvalue weighted by Crippen LogP contribution is -2.32. The molecule has 1 heterocycles. The van der Waals surface area contributed by atoms with E-state index in [0.29, 0.717) is 27.4 Å². The average molecular weight is 271 g/mol. The van der Waals surface area contributed by atoms with Gasteiger partial charge >= 0.3 is 0 Å². The second-order valence-corrected chi connectivity index (χ2v) is 5.40. The van der Waals surface area contributed by atoms with Crippen molar-refractivity contribution in [2.45, 2.75) is 6.04 Å². The van der Waals surface area contributed by atoms with Crippen LogP contribution in [0.1, 0.15) is 10.4 Å². The fraction of sp³-hybridized carbons (Fsp3) is 0.417. The molecule has 1 aromatic rings. The van der Waals surface area contributed by atoms with E-state index < -0.39 is 0 Å². The predicted molar refractivity (Wildman–Crippen MR) is 67.6 cm³/mol. The Morgan fingerprint density at radius 2 is 1.82 bits per heavy atom. The topological polar surface area (TPSA) is 41.1 Å². The van der Waals surface area contributed by atoms with Crippen LogP contribution in [0.5, 0.6) is 0 Å². The maximum absolute atomic E-state index is 12.1. The van der Waals surface area contributed by atoms with Crippen molar-refractivity contribution in [3.63, 3.8) is 0 Å². The van der Waals surface area contributed by atoms with E-state index >= 15 is 0 Å². The molecule has 2 atom stereocenters. The molecule has 1 saturated carbocycles. The smallest absolute Gasteiger partial charge is 0.254 e. The first-order valence-corrected chi connectivity index (χ1v) is 6.39. The summed E-state index contributed by atoms with van der Waals surface area (Å²) < 4.78 is 0. The number of carbonyl (C=O) groups excluding carboxylic acids is 1. The van der Waals surface area contributed by atoms with E-state index in [-0.39, 0.29) is 11.9 Å². The summed E-state index contributed by atoms with van der Waals surface area (Å²) in [6.45, 7) is 1.98. The number of rotatable bonds is 2. The summed E-state index contributed by atoms with van der Waals surface area (Å²) in [5.74, 6) is 1.00. The molecule has 5 heteroatoms. The van der Waals surface area contributed by atoms with Gasteiger partial charge in [0.05, 0.1) is 15.6 Å². The lowest BCUT2D eigenvalue weighted by molar-refractivity contribution is 0.0947. The number of piperidine rings is 1. The highest BCUT2D eigenvalue weighted by atomic mass is 35.5. The molecule has 0 radical (unpaired) electrons. The molecule has 2 unspecified atom stereocenters. The number of halogens is 2. The highest BCUT2D eigenvalue weighted by Crippen LogP contribution is 2.42. The van der Waals surface area contributed by atoms with Gasteiger partial charge in [-0.05, 0) is 24.0 Å². The van der Waals surface area contributed by atoms with Gasteiger partial charge in [-0.1, -0.05) is 29.3 Å². The molecule has 1 amide bonds. The fourth-order valence-electron chi connectivity index (χ4n) is 2.57. The summed E-state index contributed by atoms with van der Waals surface area (Å²) in [6.07, 6.45) is 0. The van der Waals surface area contributed by atoms with E-state index in [1.807, 2.05) is 0 Å². The van der Waals surface area contributed by atoms with Gasteiger partial charge in [-0.15, -0.1) is 0 Å². The molecule has 1 saturated heterocycles. The first-order valence-electron chi connectivity index (χ1n) is 5.64. The Morgan fingerprint density at radius 3 is 2.41 bits per heavy atom. The summed E-state index contributed by atoms with van der Waals surface area (Å²) >= 11 is 12.0. The highest BCUT2D eigenvalue weighted by Gasteiger charge is 2.53. The number of benzene rings is 1. The van der Waals surface area contributed by atoms with Crippen LogP contribution in [0.4, 0.5) is 0 Å². The lowest BCUT2D eigenvalue weighted by atomic mass is 10.2. The molecule has 1 aliphatic heterocycles. The number of fused-ring (bicyclic) bond motifs is 1. The Labute approximate surface area is 109 Å². The van der Waals surface area contributed by atoms with Crippen LogP contribution >= 0.6 is 23.2 Å². The van der Waals surface area contributed by atoms with Gasteiger partial charge in [0.1, 0.15) is 0 Å². The quantitative estimate of drug-likeness (QED) is 0.863. The minimum Gasteiger partial charge on any atom is -0.349 e. The summed E-state index contributed by atoms with van der Waals surface area (Å²) in [6, 6.07) is 5.38. The van der Waals surface area contributed by atoms with Crippen LogP contribution in [-0.2, 0) is 0 Å². The largest absolute Gasteiger partial charge is 0.349 e. The Bertz CT molecular complexity index is 447. The Morgan fingerprint density at radius 1 is 1.24 bits per heavy atom. The summed E-state index contributed by atoms with van der Waals surface area (Å²) in [4.78, 5) is 12.1. The minimum atomic E-state index is -0.167. The monoisotopic (exact) mass is 270 g/mol. The normalized spacial score (nSPS) is 29.9. The second kappa shape index (κ2) is 4.16. The zero-order chi connectivity index (χ0) is 12.0. The summed E-state index contributed by atoms with van der Waals surface area (Å²) in [7, 11) is 0. The maximum Gasteiger partial charge on any atom is 0.254 e. The first-order chi connectivity index (χ1) is 8.18. The molecular weight excluding hydrogens is 259 g/mol. The standard InChI is InChI=1S/C12H12Cl2N2O/c13-8-2-1-3-9(14)10(8)12(17)16-11-6-4-15-5-7(6)11/h1-3,6-7,11,15H,4-5H2,(H,16,17). The van der Waals surface area contributed by atoms with Gasteiger partial charge in [-0.25, -0.2) is 0 Å². The van der Waals surface area contributed by atoms with Crippen molar-refractivity contribution < 1.29 is 4.79 Å². The van der Waals surface area contributed by atoms with Crippen LogP contribution in [0.3, 0.4) is 0 Å². The van der Waals surface area contributed by atoms with Crippen molar-refractivity contribution in [1.82, 2.24) is 10.6 Å². The van der Waals surface area contributed by atoms with E-state index in [2.05, 4.69) is 10.6 Å². The molecule has 0 spiro atoms. The Balaban J connectivity index is 1.74. The van der Waals surface area contributed by atoms with Crippen molar-refractivity contribution in [3.05, 3.63) is 33.8 Å². The predicted octanol–water partition coefficient (Wildman–Crippen LogP) is 1.94. The zero-order valence-corrected chi connectivity index (χ0v) is 10.6. The van der Waals surface area contributed by atoms with Crippen molar-refractivity contribution in [2.75, 3.05) is 13.1 Å². The average Bonchev–Trinajstić information content (AvgIpc) is 2.74. The molecule has 3 rings (SSSR count). The molecule has 1 aromatic carbocycles. The summed E-state index contributed by atoms with van der Waals surface area (Å²) in [5.41, 5.74) is 0.383. The van der Waals surface area contributed by atoms with E-state index in [4.69, 9.17) is 23.2 Å². The maximum atomic E-state index is 12.1. The van der Waals surface area contributed by atoms with Gasteiger partial charge in [0.2, 0.25) is 0 Å². The van der Waals surface area contributed by atoms with E-state index in [1.54, 1.807) is 18.2 Å². The third-order valence-corrected chi connectivity index (χ3v) is 4.21. The van der Waals surface area contributed by atoms with Crippen molar-refractivity contribution in [1.29, 1.82) is 0 Å². The Hall–Kier alpha value is -0.770.